The molecule has 1 heterocycles. The number of amides is 1. The lowest BCUT2D eigenvalue weighted by Gasteiger charge is -2.28. The van der Waals surface area contributed by atoms with E-state index in [0.717, 1.165) is 13.1 Å². The summed E-state index contributed by atoms with van der Waals surface area (Å²) in [5, 5.41) is 21.8. The Labute approximate surface area is 220 Å². The van der Waals surface area contributed by atoms with Crippen LogP contribution in [0.1, 0.15) is 37.9 Å². The van der Waals surface area contributed by atoms with Gasteiger partial charge in [-0.05, 0) is 49.8 Å². The fraction of sp³-hybridized carbons (Fsp3) is 0.385. The van der Waals surface area contributed by atoms with Gasteiger partial charge in [0.15, 0.2) is 17.2 Å². The highest BCUT2D eigenvalue weighted by atomic mass is 35.5. The van der Waals surface area contributed by atoms with Crippen LogP contribution in [0, 0.1) is 0 Å². The summed E-state index contributed by atoms with van der Waals surface area (Å²) in [5.74, 6) is -1.61. The number of aliphatic hydroxyl groups is 1. The number of nitrogens with zero attached hydrogens (tertiary/aromatic N) is 2. The summed E-state index contributed by atoms with van der Waals surface area (Å²) in [6.07, 6.45) is 0. The van der Waals surface area contributed by atoms with E-state index in [1.54, 1.807) is 19.1 Å². The van der Waals surface area contributed by atoms with Gasteiger partial charge in [0, 0.05) is 18.7 Å². The molecule has 1 unspecified atom stereocenters. The van der Waals surface area contributed by atoms with Crippen molar-refractivity contribution in [3.63, 3.8) is 0 Å². The van der Waals surface area contributed by atoms with Crippen LogP contribution in [-0.4, -0.2) is 71.6 Å². The van der Waals surface area contributed by atoms with Gasteiger partial charge >= 0.3 is 0 Å². The standard InChI is InChI=1S/C26H30Cl2N2O6/c1-5-29(6-2)10-11-30-22(15-8-9-19(31)20(14-15)36-7-3)21(24(33)26(30)34)23(32)16-12-17(27)25(35-4)18(28)13-16/h8-9,12-14,22,31-32H,5-7,10-11H2,1-4H3/b23-21+. The molecule has 1 fully saturated rings. The molecule has 0 saturated carbocycles. The molecule has 1 aliphatic heterocycles. The fourth-order valence-electron chi connectivity index (χ4n) is 4.27. The number of hydrogen-bond donors (Lipinski definition) is 2. The molecule has 3 rings (SSSR count). The van der Waals surface area contributed by atoms with E-state index in [-0.39, 0.29) is 45.0 Å². The summed E-state index contributed by atoms with van der Waals surface area (Å²) in [6.45, 7) is 8.46. The normalized spacial score (nSPS) is 17.2. The van der Waals surface area contributed by atoms with Gasteiger partial charge in [-0.1, -0.05) is 43.1 Å². The van der Waals surface area contributed by atoms with Crippen LogP contribution in [0.15, 0.2) is 35.9 Å². The lowest BCUT2D eigenvalue weighted by Crippen LogP contribution is -2.38. The van der Waals surface area contributed by atoms with Gasteiger partial charge in [-0.2, -0.15) is 0 Å². The van der Waals surface area contributed by atoms with Crippen LogP contribution in [0.5, 0.6) is 17.2 Å². The monoisotopic (exact) mass is 536 g/mol. The lowest BCUT2D eigenvalue weighted by molar-refractivity contribution is -0.140. The molecule has 2 aromatic rings. The Morgan fingerprint density at radius 1 is 1.08 bits per heavy atom. The maximum Gasteiger partial charge on any atom is 0.295 e. The molecule has 194 valence electrons. The number of halogens is 2. The van der Waals surface area contributed by atoms with Crippen LogP contribution >= 0.6 is 23.2 Å². The van der Waals surface area contributed by atoms with Gasteiger partial charge in [0.1, 0.15) is 5.76 Å². The van der Waals surface area contributed by atoms with Crippen LogP contribution < -0.4 is 9.47 Å². The van der Waals surface area contributed by atoms with Gasteiger partial charge in [0.05, 0.1) is 35.4 Å². The summed E-state index contributed by atoms with van der Waals surface area (Å²) in [5.41, 5.74) is 0.564. The van der Waals surface area contributed by atoms with Gasteiger partial charge in [-0.25, -0.2) is 0 Å². The largest absolute Gasteiger partial charge is 0.507 e. The molecule has 8 nitrogen and oxygen atoms in total. The van der Waals surface area contributed by atoms with Crippen molar-refractivity contribution in [2.24, 2.45) is 0 Å². The quantitative estimate of drug-likeness (QED) is 0.254. The van der Waals surface area contributed by atoms with Crippen molar-refractivity contribution in [2.45, 2.75) is 26.8 Å². The third kappa shape index (κ3) is 5.40. The van der Waals surface area contributed by atoms with Crippen LogP contribution in [0.2, 0.25) is 10.0 Å². The number of aromatic hydroxyl groups is 1. The fourth-order valence-corrected chi connectivity index (χ4v) is 4.91. The van der Waals surface area contributed by atoms with E-state index in [1.165, 1.54) is 30.2 Å². The molecule has 2 aromatic carbocycles. The Hall–Kier alpha value is -2.94. The summed E-state index contributed by atoms with van der Waals surface area (Å²) >= 11 is 12.5. The number of likely N-dealkylation sites (N-methyl/N-ethyl adjacent to an activating group) is 1. The van der Waals surface area contributed by atoms with Crippen LogP contribution in [0.25, 0.3) is 5.76 Å². The topological polar surface area (TPSA) is 99.5 Å². The second-order valence-electron chi connectivity index (χ2n) is 8.15. The van der Waals surface area contributed by atoms with Gasteiger partial charge in [0.2, 0.25) is 0 Å². The summed E-state index contributed by atoms with van der Waals surface area (Å²) in [4.78, 5) is 30.0. The highest BCUT2D eigenvalue weighted by Crippen LogP contribution is 2.43. The minimum absolute atomic E-state index is 0.0746. The number of likely N-dealkylation sites (tertiary alicyclic amines) is 1. The summed E-state index contributed by atoms with van der Waals surface area (Å²) in [6, 6.07) is 6.53. The first-order valence-electron chi connectivity index (χ1n) is 11.7. The zero-order valence-electron chi connectivity index (χ0n) is 20.7. The number of carbonyl (C=O) groups is 2. The lowest BCUT2D eigenvalue weighted by atomic mass is 9.95. The molecule has 0 aromatic heterocycles. The molecular weight excluding hydrogens is 507 g/mol. The highest BCUT2D eigenvalue weighted by Gasteiger charge is 2.46. The highest BCUT2D eigenvalue weighted by molar-refractivity contribution is 6.46. The third-order valence-corrected chi connectivity index (χ3v) is 6.73. The number of hydrogen-bond acceptors (Lipinski definition) is 7. The van der Waals surface area contributed by atoms with Gasteiger partial charge < -0.3 is 29.5 Å². The second kappa shape index (κ2) is 11.9. The van der Waals surface area contributed by atoms with Gasteiger partial charge in [-0.3, -0.25) is 9.59 Å². The molecule has 1 atom stereocenters. The molecule has 1 amide bonds. The maximum atomic E-state index is 13.3. The van der Waals surface area contributed by atoms with Crippen LogP contribution in [-0.2, 0) is 9.59 Å². The van der Waals surface area contributed by atoms with Gasteiger partial charge in [-0.15, -0.1) is 0 Å². The second-order valence-corrected chi connectivity index (χ2v) is 8.97. The van der Waals surface area contributed by atoms with E-state index < -0.39 is 23.5 Å². The Morgan fingerprint density at radius 3 is 2.28 bits per heavy atom. The minimum Gasteiger partial charge on any atom is -0.507 e. The molecule has 36 heavy (non-hydrogen) atoms. The summed E-state index contributed by atoms with van der Waals surface area (Å²) < 4.78 is 10.7. The third-order valence-electron chi connectivity index (χ3n) is 6.17. The van der Waals surface area contributed by atoms with E-state index in [0.29, 0.717) is 18.7 Å². The van der Waals surface area contributed by atoms with Gasteiger partial charge in [0.25, 0.3) is 11.7 Å². The maximum absolute atomic E-state index is 13.3. The first-order valence-corrected chi connectivity index (χ1v) is 12.4. The van der Waals surface area contributed by atoms with Crippen molar-refractivity contribution >= 4 is 40.7 Å². The first kappa shape index (κ1) is 27.6. The Balaban J connectivity index is 2.19. The number of aliphatic hydroxyl groups excluding tert-OH is 1. The van der Waals surface area contributed by atoms with Crippen molar-refractivity contribution in [2.75, 3.05) is 39.9 Å². The predicted octanol–water partition coefficient (Wildman–Crippen LogP) is 4.87. The predicted molar refractivity (Wildman–Crippen MR) is 139 cm³/mol. The number of phenolic OH excluding ortho intramolecular Hbond substituents is 1. The number of ketones is 1. The van der Waals surface area contributed by atoms with Crippen molar-refractivity contribution < 1.29 is 29.3 Å². The molecule has 0 radical (unpaired) electrons. The molecule has 1 aliphatic rings. The molecule has 2 N–H and O–H groups in total. The number of carbonyl (C=O) groups excluding carboxylic acids is 2. The molecule has 10 heteroatoms. The number of Topliss-reactive ketones (excluding diaryl/α,β-unsaturated/α-hetero) is 1. The molecule has 0 spiro atoms. The first-order chi connectivity index (χ1) is 17.2. The molecule has 0 aliphatic carbocycles. The van der Waals surface area contributed by atoms with E-state index in [1.807, 2.05) is 13.8 Å². The number of rotatable bonds is 10. The van der Waals surface area contributed by atoms with E-state index in [4.69, 9.17) is 32.7 Å². The average Bonchev–Trinajstić information content (AvgIpc) is 3.10. The minimum atomic E-state index is -0.917. The van der Waals surface area contributed by atoms with E-state index in [2.05, 4.69) is 4.90 Å². The van der Waals surface area contributed by atoms with Crippen molar-refractivity contribution in [1.82, 2.24) is 9.80 Å². The van der Waals surface area contributed by atoms with Crippen molar-refractivity contribution in [3.05, 3.63) is 57.1 Å². The average molecular weight is 537 g/mol. The van der Waals surface area contributed by atoms with E-state index in [9.17, 15) is 19.8 Å². The van der Waals surface area contributed by atoms with Crippen molar-refractivity contribution in [3.8, 4) is 17.2 Å². The SMILES string of the molecule is CCOc1cc(C2/C(=C(\O)c3cc(Cl)c(OC)c(Cl)c3)C(=O)C(=O)N2CCN(CC)CC)ccc1O. The molecular formula is C26H30Cl2N2O6. The Morgan fingerprint density at radius 2 is 1.72 bits per heavy atom. The Kier molecular flexibility index (Phi) is 9.11. The van der Waals surface area contributed by atoms with Crippen LogP contribution in [0.4, 0.5) is 0 Å². The van der Waals surface area contributed by atoms with Crippen LogP contribution in [0.3, 0.4) is 0 Å². The zero-order chi connectivity index (χ0) is 26.6. The number of methoxy groups -OCH3 is 1. The molecule has 1 saturated heterocycles. The molecule has 0 bridgehead atoms. The number of phenols is 1. The number of benzene rings is 2. The Bertz CT molecular complexity index is 1160. The van der Waals surface area contributed by atoms with E-state index >= 15 is 0 Å². The summed E-state index contributed by atoms with van der Waals surface area (Å²) in [7, 11) is 1.41. The zero-order valence-corrected chi connectivity index (χ0v) is 22.2. The number of ether oxygens (including phenoxy) is 2. The smallest absolute Gasteiger partial charge is 0.295 e. The van der Waals surface area contributed by atoms with Crippen molar-refractivity contribution in [1.29, 1.82) is 0 Å².